The van der Waals surface area contributed by atoms with Gasteiger partial charge in [-0.05, 0) is 44.4 Å². The number of hydrogen-bond donors (Lipinski definition) is 3. The molecular weight excluding hydrogens is 328 g/mol. The number of anilines is 1. The minimum Gasteiger partial charge on any atom is -0.381 e. The number of rotatable bonds is 8. The summed E-state index contributed by atoms with van der Waals surface area (Å²) in [6.07, 6.45) is 9.64. The van der Waals surface area contributed by atoms with Crippen LogP contribution in [0.5, 0.6) is 0 Å². The highest BCUT2D eigenvalue weighted by atomic mass is 16.2. The maximum Gasteiger partial charge on any atom is 0.317 e. The summed E-state index contributed by atoms with van der Waals surface area (Å²) in [7, 11) is 0. The first kappa shape index (κ1) is 20.1. The predicted molar refractivity (Wildman–Crippen MR) is 102 cm³/mol. The van der Waals surface area contributed by atoms with Gasteiger partial charge in [0.05, 0.1) is 5.69 Å². The van der Waals surface area contributed by atoms with Gasteiger partial charge in [-0.1, -0.05) is 26.2 Å². The van der Waals surface area contributed by atoms with Crippen LogP contribution in [0.4, 0.5) is 10.6 Å². The molecule has 0 radical (unpaired) electrons. The summed E-state index contributed by atoms with van der Waals surface area (Å²) in [6.45, 7) is 4.70. The SMILES string of the molecule is CCC[C@H]1CCCN(C(=O)NCCCCCc2[nH]nc(N)c2C#N)CC1. The van der Waals surface area contributed by atoms with E-state index in [-0.39, 0.29) is 11.8 Å². The van der Waals surface area contributed by atoms with Crippen molar-refractivity contribution in [2.24, 2.45) is 5.92 Å². The Morgan fingerprint density at radius 2 is 2.23 bits per heavy atom. The first-order chi connectivity index (χ1) is 12.7. The van der Waals surface area contributed by atoms with Crippen LogP contribution in [-0.2, 0) is 6.42 Å². The maximum atomic E-state index is 12.3. The number of nitrogens with one attached hydrogen (secondary N) is 2. The third-order valence-corrected chi connectivity index (χ3v) is 5.19. The molecule has 0 spiro atoms. The minimum atomic E-state index is 0.0789. The maximum absolute atomic E-state index is 12.3. The smallest absolute Gasteiger partial charge is 0.317 e. The molecule has 144 valence electrons. The molecule has 1 saturated heterocycles. The zero-order valence-corrected chi connectivity index (χ0v) is 15.9. The van der Waals surface area contributed by atoms with Crippen molar-refractivity contribution in [2.75, 3.05) is 25.4 Å². The quantitative estimate of drug-likeness (QED) is 0.618. The minimum absolute atomic E-state index is 0.0789. The van der Waals surface area contributed by atoms with Gasteiger partial charge >= 0.3 is 6.03 Å². The number of carbonyl (C=O) groups is 1. The zero-order chi connectivity index (χ0) is 18.8. The van der Waals surface area contributed by atoms with Crippen LogP contribution in [-0.4, -0.2) is 40.8 Å². The van der Waals surface area contributed by atoms with Gasteiger partial charge in [-0.15, -0.1) is 0 Å². The molecule has 1 atom stereocenters. The van der Waals surface area contributed by atoms with E-state index in [0.29, 0.717) is 12.1 Å². The number of aryl methyl sites for hydroxylation is 1. The Kier molecular flexibility index (Phi) is 8.26. The average molecular weight is 361 g/mol. The van der Waals surface area contributed by atoms with Crippen molar-refractivity contribution in [3.8, 4) is 6.07 Å². The summed E-state index contributed by atoms with van der Waals surface area (Å²) >= 11 is 0. The van der Waals surface area contributed by atoms with E-state index in [9.17, 15) is 4.79 Å². The van der Waals surface area contributed by atoms with Gasteiger partial charge in [0.2, 0.25) is 0 Å². The Morgan fingerprint density at radius 1 is 1.38 bits per heavy atom. The van der Waals surface area contributed by atoms with E-state index < -0.39 is 0 Å². The zero-order valence-electron chi connectivity index (χ0n) is 15.9. The molecule has 2 amide bonds. The first-order valence-electron chi connectivity index (χ1n) is 9.91. The highest BCUT2D eigenvalue weighted by molar-refractivity contribution is 5.74. The fourth-order valence-corrected chi connectivity index (χ4v) is 3.68. The molecule has 0 aliphatic carbocycles. The van der Waals surface area contributed by atoms with E-state index >= 15 is 0 Å². The molecule has 4 N–H and O–H groups in total. The second-order valence-corrected chi connectivity index (χ2v) is 7.19. The fourth-order valence-electron chi connectivity index (χ4n) is 3.68. The van der Waals surface area contributed by atoms with E-state index in [0.717, 1.165) is 63.2 Å². The number of unbranched alkanes of at least 4 members (excludes halogenated alkanes) is 2. The number of urea groups is 1. The second kappa shape index (κ2) is 10.7. The molecule has 7 nitrogen and oxygen atoms in total. The summed E-state index contributed by atoms with van der Waals surface area (Å²) in [5.74, 6) is 1.06. The molecule has 0 unspecified atom stereocenters. The lowest BCUT2D eigenvalue weighted by Gasteiger charge is -2.21. The summed E-state index contributed by atoms with van der Waals surface area (Å²) in [5.41, 5.74) is 6.89. The Balaban J connectivity index is 1.59. The summed E-state index contributed by atoms with van der Waals surface area (Å²) in [6, 6.07) is 2.16. The predicted octanol–water partition coefficient (Wildman–Crippen LogP) is 3.19. The van der Waals surface area contributed by atoms with Gasteiger partial charge in [0.25, 0.3) is 0 Å². The van der Waals surface area contributed by atoms with Crippen molar-refractivity contribution in [3.63, 3.8) is 0 Å². The van der Waals surface area contributed by atoms with Crippen molar-refractivity contribution < 1.29 is 4.79 Å². The van der Waals surface area contributed by atoms with Gasteiger partial charge in [-0.25, -0.2) is 4.79 Å². The third kappa shape index (κ3) is 5.94. The number of likely N-dealkylation sites (tertiary alicyclic amines) is 1. The molecule has 7 heteroatoms. The van der Waals surface area contributed by atoms with Crippen LogP contribution in [0.2, 0.25) is 0 Å². The van der Waals surface area contributed by atoms with Crippen molar-refractivity contribution in [1.82, 2.24) is 20.4 Å². The summed E-state index contributed by atoms with van der Waals surface area (Å²) < 4.78 is 0. The first-order valence-corrected chi connectivity index (χ1v) is 9.91. The van der Waals surface area contributed by atoms with Gasteiger partial charge in [-0.3, -0.25) is 5.10 Å². The van der Waals surface area contributed by atoms with E-state index in [1.165, 1.54) is 19.3 Å². The Morgan fingerprint density at radius 3 is 3.00 bits per heavy atom. The molecule has 1 aromatic rings. The van der Waals surface area contributed by atoms with Crippen molar-refractivity contribution in [1.29, 1.82) is 5.26 Å². The lowest BCUT2D eigenvalue weighted by Crippen LogP contribution is -2.40. The number of nitrogen functional groups attached to an aromatic ring is 1. The van der Waals surface area contributed by atoms with Crippen molar-refractivity contribution in [2.45, 2.75) is 64.7 Å². The lowest BCUT2D eigenvalue weighted by atomic mass is 9.96. The number of aromatic amines is 1. The molecule has 0 bridgehead atoms. The van der Waals surface area contributed by atoms with Crippen LogP contribution in [0, 0.1) is 17.2 Å². The largest absolute Gasteiger partial charge is 0.381 e. The van der Waals surface area contributed by atoms with Crippen LogP contribution >= 0.6 is 0 Å². The van der Waals surface area contributed by atoms with Crippen LogP contribution in [0.15, 0.2) is 0 Å². The monoisotopic (exact) mass is 360 g/mol. The number of H-pyrrole nitrogens is 1. The van der Waals surface area contributed by atoms with Gasteiger partial charge in [0.15, 0.2) is 5.82 Å². The number of hydrogen-bond acceptors (Lipinski definition) is 4. The molecule has 1 aliphatic rings. The van der Waals surface area contributed by atoms with E-state index in [4.69, 9.17) is 11.0 Å². The van der Waals surface area contributed by atoms with Gasteiger partial charge < -0.3 is 16.0 Å². The average Bonchev–Trinajstić information content (AvgIpc) is 2.83. The molecule has 1 aliphatic heterocycles. The molecular formula is C19H32N6O. The molecule has 1 aromatic heterocycles. The number of carbonyl (C=O) groups excluding carboxylic acids is 1. The number of nitrogens with zero attached hydrogens (tertiary/aromatic N) is 3. The standard InChI is InChI=1S/C19H32N6O/c1-2-7-15-8-6-12-25(13-10-15)19(26)22-11-5-3-4-9-17-16(14-20)18(21)24-23-17/h15H,2-13H2,1H3,(H,22,26)(H3,21,23,24)/t15-/m0/s1. The Bertz CT molecular complexity index is 606. The number of aromatic nitrogens is 2. The fraction of sp³-hybridized carbons (Fsp3) is 0.737. The summed E-state index contributed by atoms with van der Waals surface area (Å²) in [4.78, 5) is 14.3. The van der Waals surface area contributed by atoms with Crippen molar-refractivity contribution >= 4 is 11.8 Å². The third-order valence-electron chi connectivity index (χ3n) is 5.19. The van der Waals surface area contributed by atoms with Gasteiger partial charge in [-0.2, -0.15) is 10.4 Å². The van der Waals surface area contributed by atoms with Crippen LogP contribution in [0.1, 0.15) is 69.5 Å². The number of nitriles is 1. The van der Waals surface area contributed by atoms with Gasteiger partial charge in [0, 0.05) is 19.6 Å². The molecule has 26 heavy (non-hydrogen) atoms. The molecule has 1 fully saturated rings. The van der Waals surface area contributed by atoms with Crippen LogP contribution < -0.4 is 11.1 Å². The number of nitrogens with two attached hydrogens (primary N) is 1. The molecule has 0 aromatic carbocycles. The van der Waals surface area contributed by atoms with E-state index in [2.05, 4.69) is 28.5 Å². The van der Waals surface area contributed by atoms with E-state index in [1.54, 1.807) is 0 Å². The van der Waals surface area contributed by atoms with Gasteiger partial charge in [0.1, 0.15) is 11.6 Å². The van der Waals surface area contributed by atoms with Crippen LogP contribution in [0.25, 0.3) is 0 Å². The Labute approximate surface area is 156 Å². The summed E-state index contributed by atoms with van der Waals surface area (Å²) in [5, 5.41) is 18.8. The molecule has 0 saturated carbocycles. The van der Waals surface area contributed by atoms with Crippen LogP contribution in [0.3, 0.4) is 0 Å². The van der Waals surface area contributed by atoms with E-state index in [1.807, 2.05) is 4.90 Å². The molecule has 2 rings (SSSR count). The highest BCUT2D eigenvalue weighted by Crippen LogP contribution is 2.21. The van der Waals surface area contributed by atoms with Crippen molar-refractivity contribution in [3.05, 3.63) is 11.3 Å². The Hall–Kier alpha value is -2.23. The highest BCUT2D eigenvalue weighted by Gasteiger charge is 2.19. The number of amides is 2. The molecule has 2 heterocycles. The second-order valence-electron chi connectivity index (χ2n) is 7.19. The topological polar surface area (TPSA) is 111 Å². The normalized spacial score (nSPS) is 17.5. The lowest BCUT2D eigenvalue weighted by molar-refractivity contribution is 0.199.